The minimum Gasteiger partial charge on any atom is -0.409 e. The van der Waals surface area contributed by atoms with Crippen LogP contribution in [-0.2, 0) is 11.3 Å². The molecule has 1 heterocycles. The third-order valence-corrected chi connectivity index (χ3v) is 4.86. The van der Waals surface area contributed by atoms with Crippen LogP contribution in [-0.4, -0.2) is 28.4 Å². The van der Waals surface area contributed by atoms with Gasteiger partial charge in [0.15, 0.2) is 5.84 Å². The SMILES string of the molecule is CCN(Cc1cccs1)C(=O)C1(/C(N)=N/O)CC(C)C1. The van der Waals surface area contributed by atoms with Crippen molar-refractivity contribution in [3.63, 3.8) is 0 Å². The predicted octanol–water partition coefficient (Wildman–Crippen LogP) is 2.26. The number of carbonyl (C=O) groups excluding carboxylic acids is 1. The van der Waals surface area contributed by atoms with Crippen LogP contribution in [0.4, 0.5) is 0 Å². The lowest BCUT2D eigenvalue weighted by Crippen LogP contribution is -2.57. The van der Waals surface area contributed by atoms with E-state index in [0.717, 1.165) is 4.88 Å². The van der Waals surface area contributed by atoms with Crippen LogP contribution in [0.15, 0.2) is 22.7 Å². The lowest BCUT2D eigenvalue weighted by atomic mass is 9.61. The fourth-order valence-electron chi connectivity index (χ4n) is 2.94. The van der Waals surface area contributed by atoms with Crippen LogP contribution in [0.1, 0.15) is 31.6 Å². The minimum atomic E-state index is -0.804. The van der Waals surface area contributed by atoms with E-state index >= 15 is 0 Å². The number of amides is 1. The van der Waals surface area contributed by atoms with Gasteiger partial charge in [-0.25, -0.2) is 0 Å². The summed E-state index contributed by atoms with van der Waals surface area (Å²) < 4.78 is 0. The van der Waals surface area contributed by atoms with Gasteiger partial charge in [0.1, 0.15) is 5.41 Å². The van der Waals surface area contributed by atoms with Crippen LogP contribution in [0.25, 0.3) is 0 Å². The standard InChI is InChI=1S/C14H21N3O2S/c1-3-17(9-11-5-4-6-20-11)13(18)14(12(15)16-19)7-10(2)8-14/h4-6,10,19H,3,7-9H2,1-2H3,(H2,15,16). The van der Waals surface area contributed by atoms with Crippen molar-refractivity contribution in [2.45, 2.75) is 33.2 Å². The van der Waals surface area contributed by atoms with E-state index in [2.05, 4.69) is 12.1 Å². The first-order valence-corrected chi connectivity index (χ1v) is 7.71. The van der Waals surface area contributed by atoms with Crippen LogP contribution < -0.4 is 5.73 Å². The molecule has 0 aliphatic heterocycles. The molecule has 0 atom stereocenters. The molecular formula is C14H21N3O2S. The molecule has 0 unspecified atom stereocenters. The molecule has 1 aliphatic rings. The molecule has 0 radical (unpaired) electrons. The van der Waals surface area contributed by atoms with Crippen LogP contribution in [0.2, 0.25) is 0 Å². The largest absolute Gasteiger partial charge is 0.409 e. The third kappa shape index (κ3) is 2.52. The summed E-state index contributed by atoms with van der Waals surface area (Å²) in [6, 6.07) is 3.99. The number of hydrogen-bond acceptors (Lipinski definition) is 4. The molecule has 2 rings (SSSR count). The second-order valence-electron chi connectivity index (χ2n) is 5.48. The molecule has 1 aromatic rings. The number of nitrogens with zero attached hydrogens (tertiary/aromatic N) is 2. The molecule has 3 N–H and O–H groups in total. The van der Waals surface area contributed by atoms with Gasteiger partial charge in [0.05, 0.1) is 6.54 Å². The summed E-state index contributed by atoms with van der Waals surface area (Å²) in [4.78, 5) is 15.7. The van der Waals surface area contributed by atoms with E-state index in [9.17, 15) is 4.79 Å². The Morgan fingerprint density at radius 2 is 2.35 bits per heavy atom. The maximum Gasteiger partial charge on any atom is 0.236 e. The summed E-state index contributed by atoms with van der Waals surface area (Å²) in [5.41, 5.74) is 4.99. The van der Waals surface area contributed by atoms with E-state index in [1.165, 1.54) is 0 Å². The first-order valence-electron chi connectivity index (χ1n) is 6.83. The second kappa shape index (κ2) is 5.83. The van der Waals surface area contributed by atoms with Gasteiger partial charge >= 0.3 is 0 Å². The summed E-state index contributed by atoms with van der Waals surface area (Å²) >= 11 is 1.63. The van der Waals surface area contributed by atoms with Crippen LogP contribution in [0.3, 0.4) is 0 Å². The number of amidine groups is 1. The molecule has 1 aromatic heterocycles. The van der Waals surface area contributed by atoms with Crippen molar-refractivity contribution in [2.24, 2.45) is 22.2 Å². The first-order chi connectivity index (χ1) is 9.53. The molecule has 1 amide bonds. The molecule has 0 bridgehead atoms. The van der Waals surface area contributed by atoms with Gasteiger partial charge in [0.25, 0.3) is 0 Å². The van der Waals surface area contributed by atoms with Crippen molar-refractivity contribution in [3.05, 3.63) is 22.4 Å². The van der Waals surface area contributed by atoms with Crippen molar-refractivity contribution >= 4 is 23.1 Å². The summed E-state index contributed by atoms with van der Waals surface area (Å²) in [5.74, 6) is 0.451. The molecule has 0 saturated heterocycles. The zero-order valence-corrected chi connectivity index (χ0v) is 12.7. The maximum absolute atomic E-state index is 12.8. The van der Waals surface area contributed by atoms with Crippen molar-refractivity contribution in [2.75, 3.05) is 6.54 Å². The van der Waals surface area contributed by atoms with Gasteiger partial charge in [0.2, 0.25) is 5.91 Å². The molecule has 20 heavy (non-hydrogen) atoms. The van der Waals surface area contributed by atoms with Crippen LogP contribution in [0.5, 0.6) is 0 Å². The predicted molar refractivity (Wildman–Crippen MR) is 79.6 cm³/mol. The Morgan fingerprint density at radius 1 is 1.65 bits per heavy atom. The Morgan fingerprint density at radius 3 is 2.80 bits per heavy atom. The Hall–Kier alpha value is -1.56. The molecule has 1 saturated carbocycles. The Kier molecular flexibility index (Phi) is 4.32. The highest BCUT2D eigenvalue weighted by molar-refractivity contribution is 7.09. The van der Waals surface area contributed by atoms with Gasteiger partial charge in [-0.05, 0) is 37.1 Å². The van der Waals surface area contributed by atoms with Gasteiger partial charge in [-0.1, -0.05) is 18.1 Å². The lowest BCUT2D eigenvalue weighted by Gasteiger charge is -2.46. The number of thiophene rings is 1. The quantitative estimate of drug-likeness (QED) is 0.378. The highest BCUT2D eigenvalue weighted by atomic mass is 32.1. The zero-order valence-electron chi connectivity index (χ0n) is 11.9. The van der Waals surface area contributed by atoms with E-state index in [-0.39, 0.29) is 11.7 Å². The average molecular weight is 295 g/mol. The van der Waals surface area contributed by atoms with Crippen molar-refractivity contribution < 1.29 is 10.0 Å². The van der Waals surface area contributed by atoms with Gasteiger partial charge in [-0.2, -0.15) is 0 Å². The maximum atomic E-state index is 12.8. The molecule has 6 heteroatoms. The Bertz CT molecular complexity index is 493. The average Bonchev–Trinajstić information content (AvgIpc) is 2.92. The van der Waals surface area contributed by atoms with E-state index in [0.29, 0.717) is 31.8 Å². The van der Waals surface area contributed by atoms with E-state index in [1.807, 2.05) is 24.4 Å². The van der Waals surface area contributed by atoms with Crippen LogP contribution >= 0.6 is 11.3 Å². The topological polar surface area (TPSA) is 78.9 Å². The fraction of sp³-hybridized carbons (Fsp3) is 0.571. The highest BCUT2D eigenvalue weighted by Crippen LogP contribution is 2.47. The normalized spacial score (nSPS) is 26.1. The first kappa shape index (κ1) is 14.8. The summed E-state index contributed by atoms with van der Waals surface area (Å²) in [6.07, 6.45) is 1.31. The number of carbonyl (C=O) groups is 1. The zero-order chi connectivity index (χ0) is 14.8. The molecular weight excluding hydrogens is 274 g/mol. The summed E-state index contributed by atoms with van der Waals surface area (Å²) in [7, 11) is 0. The molecule has 1 fully saturated rings. The smallest absolute Gasteiger partial charge is 0.236 e. The molecule has 0 aromatic carbocycles. The van der Waals surface area contributed by atoms with E-state index in [1.54, 1.807) is 16.2 Å². The number of nitrogens with two attached hydrogens (primary N) is 1. The number of oxime groups is 1. The highest BCUT2D eigenvalue weighted by Gasteiger charge is 2.53. The third-order valence-electron chi connectivity index (χ3n) is 4.00. The minimum absolute atomic E-state index is 0.0261. The second-order valence-corrected chi connectivity index (χ2v) is 6.51. The van der Waals surface area contributed by atoms with Gasteiger partial charge in [0, 0.05) is 11.4 Å². The molecule has 110 valence electrons. The summed E-state index contributed by atoms with van der Waals surface area (Å²) in [5, 5.41) is 14.1. The van der Waals surface area contributed by atoms with Gasteiger partial charge in [-0.3, -0.25) is 4.79 Å². The Labute approximate surface area is 123 Å². The van der Waals surface area contributed by atoms with Gasteiger partial charge < -0.3 is 15.8 Å². The summed E-state index contributed by atoms with van der Waals surface area (Å²) in [6.45, 7) is 5.23. The van der Waals surface area contributed by atoms with Crippen molar-refractivity contribution in [1.29, 1.82) is 0 Å². The van der Waals surface area contributed by atoms with E-state index in [4.69, 9.17) is 10.9 Å². The number of hydrogen-bond donors (Lipinski definition) is 2. The Balaban J connectivity index is 2.18. The van der Waals surface area contributed by atoms with Crippen LogP contribution in [0, 0.1) is 11.3 Å². The van der Waals surface area contributed by atoms with E-state index < -0.39 is 5.41 Å². The molecule has 1 aliphatic carbocycles. The fourth-order valence-corrected chi connectivity index (χ4v) is 3.66. The lowest BCUT2D eigenvalue weighted by molar-refractivity contribution is -0.144. The number of rotatable bonds is 5. The van der Waals surface area contributed by atoms with Gasteiger partial charge in [-0.15, -0.1) is 11.3 Å². The monoisotopic (exact) mass is 295 g/mol. The van der Waals surface area contributed by atoms with Crippen molar-refractivity contribution in [3.8, 4) is 0 Å². The molecule has 0 spiro atoms. The van der Waals surface area contributed by atoms with Crippen molar-refractivity contribution in [1.82, 2.24) is 4.90 Å². The molecule has 5 nitrogen and oxygen atoms in total.